The van der Waals surface area contributed by atoms with Crippen LogP contribution in [-0.2, 0) is 11.4 Å². The van der Waals surface area contributed by atoms with Crippen LogP contribution in [0.3, 0.4) is 0 Å². The molecule has 136 valence electrons. The van der Waals surface area contributed by atoms with Crippen molar-refractivity contribution >= 4 is 17.6 Å². The van der Waals surface area contributed by atoms with E-state index >= 15 is 0 Å². The van der Waals surface area contributed by atoms with Crippen molar-refractivity contribution in [1.29, 1.82) is 0 Å². The number of halogens is 2. The largest absolute Gasteiger partial charge is 0.489 e. The summed E-state index contributed by atoms with van der Waals surface area (Å²) in [6.45, 7) is 3.84. The van der Waals surface area contributed by atoms with Gasteiger partial charge in [0.05, 0.1) is 0 Å². The van der Waals surface area contributed by atoms with E-state index in [0.29, 0.717) is 11.3 Å². The van der Waals surface area contributed by atoms with E-state index in [1.165, 1.54) is 6.07 Å². The van der Waals surface area contributed by atoms with E-state index in [1.807, 2.05) is 32.0 Å². The number of carbonyl (C=O) groups is 2. The van der Waals surface area contributed by atoms with Crippen molar-refractivity contribution in [2.24, 2.45) is 10.7 Å². The molecule has 2 aromatic rings. The second kappa shape index (κ2) is 8.19. The third-order valence-electron chi connectivity index (χ3n) is 3.58. The fourth-order valence-electron chi connectivity index (χ4n) is 2.28. The Bertz CT molecular complexity index is 867. The smallest absolute Gasteiger partial charge is 0.402 e. The molecule has 8 heteroatoms. The highest BCUT2D eigenvalue weighted by Gasteiger charge is 2.20. The van der Waals surface area contributed by atoms with Crippen molar-refractivity contribution in [2.45, 2.75) is 20.5 Å². The molecule has 2 aromatic carbocycles. The molecule has 26 heavy (non-hydrogen) atoms. The molecule has 3 amide bonds. The summed E-state index contributed by atoms with van der Waals surface area (Å²) in [4.78, 5) is 25.9. The molecule has 2 N–H and O–H groups in total. The minimum atomic E-state index is -1.89. The van der Waals surface area contributed by atoms with Crippen molar-refractivity contribution < 1.29 is 23.3 Å². The molecular formula is C18H17F2N3O3. The van der Waals surface area contributed by atoms with Gasteiger partial charge in [0, 0.05) is 10.9 Å². The number of primary amides is 1. The molecule has 0 saturated heterocycles. The highest BCUT2D eigenvalue weighted by Crippen LogP contribution is 2.21. The number of nitrogens with zero attached hydrogens (tertiary/aromatic N) is 2. The Hall–Kier alpha value is -3.29. The summed E-state index contributed by atoms with van der Waals surface area (Å²) in [6.07, 6.45) is 0. The maximum atomic E-state index is 12.3. The summed E-state index contributed by atoms with van der Waals surface area (Å²) in [6, 6.07) is 10.2. The zero-order valence-corrected chi connectivity index (χ0v) is 14.2. The van der Waals surface area contributed by atoms with Crippen LogP contribution in [0.2, 0.25) is 0 Å². The highest BCUT2D eigenvalue weighted by molar-refractivity contribution is 6.46. The zero-order valence-electron chi connectivity index (χ0n) is 14.2. The molecule has 0 aliphatic heterocycles. The van der Waals surface area contributed by atoms with E-state index in [-0.39, 0.29) is 12.2 Å². The van der Waals surface area contributed by atoms with Gasteiger partial charge in [-0.25, -0.2) is 4.79 Å². The lowest BCUT2D eigenvalue weighted by Gasteiger charge is -2.13. The molecule has 0 saturated carbocycles. The molecular weight excluding hydrogens is 344 g/mol. The van der Waals surface area contributed by atoms with Crippen molar-refractivity contribution in [3.8, 4) is 5.75 Å². The lowest BCUT2D eigenvalue weighted by molar-refractivity contribution is -0.112. The standard InChI is InChI=1S/C18H17F2N3O3/c1-11-7-8-12(2)15(9-11)26-10-13-5-3-4-6-14(13)16(17(21)24)22-18(25)23(19)20/h3-9H,10H2,1-2H3,(H2,21,24)/b22-16+. The van der Waals surface area contributed by atoms with Gasteiger partial charge >= 0.3 is 6.03 Å². The van der Waals surface area contributed by atoms with Crippen molar-refractivity contribution in [2.75, 3.05) is 0 Å². The first-order valence-corrected chi connectivity index (χ1v) is 7.62. The van der Waals surface area contributed by atoms with Crippen molar-refractivity contribution in [3.05, 3.63) is 64.7 Å². The summed E-state index contributed by atoms with van der Waals surface area (Å²) < 4.78 is 30.4. The summed E-state index contributed by atoms with van der Waals surface area (Å²) >= 11 is 0. The summed E-state index contributed by atoms with van der Waals surface area (Å²) in [5, 5.41) is -1.72. The number of hydrogen-bond acceptors (Lipinski definition) is 3. The van der Waals surface area contributed by atoms with Crippen molar-refractivity contribution in [1.82, 2.24) is 5.34 Å². The van der Waals surface area contributed by atoms with Gasteiger partial charge in [-0.05, 0) is 36.6 Å². The molecule has 0 aromatic heterocycles. The number of nitrogens with two attached hydrogens (primary N) is 1. The first-order chi connectivity index (χ1) is 12.3. The monoisotopic (exact) mass is 361 g/mol. The number of aliphatic imine (C=N–C) groups is 1. The Morgan fingerprint density at radius 3 is 2.50 bits per heavy atom. The van der Waals surface area contributed by atoms with Gasteiger partial charge in [-0.15, -0.1) is 0 Å². The molecule has 0 atom stereocenters. The number of benzene rings is 2. The predicted octanol–water partition coefficient (Wildman–Crippen LogP) is 3.35. The van der Waals surface area contributed by atoms with Gasteiger partial charge < -0.3 is 10.5 Å². The number of ether oxygens (including phenoxy) is 1. The van der Waals surface area contributed by atoms with E-state index < -0.39 is 23.0 Å². The predicted molar refractivity (Wildman–Crippen MR) is 91.9 cm³/mol. The summed E-state index contributed by atoms with van der Waals surface area (Å²) in [5.74, 6) is -0.452. The molecule has 2 rings (SSSR count). The fourth-order valence-corrected chi connectivity index (χ4v) is 2.28. The van der Waals surface area contributed by atoms with E-state index in [4.69, 9.17) is 10.5 Å². The third kappa shape index (κ3) is 4.62. The van der Waals surface area contributed by atoms with Crippen LogP contribution < -0.4 is 10.5 Å². The van der Waals surface area contributed by atoms with Crippen LogP contribution in [0.1, 0.15) is 22.3 Å². The van der Waals surface area contributed by atoms with Crippen LogP contribution in [0.5, 0.6) is 5.75 Å². The van der Waals surface area contributed by atoms with Crippen LogP contribution >= 0.6 is 0 Å². The normalized spacial score (nSPS) is 11.2. The Balaban J connectivity index is 2.35. The van der Waals surface area contributed by atoms with Crippen molar-refractivity contribution in [3.63, 3.8) is 0 Å². The molecule has 0 bridgehead atoms. The zero-order chi connectivity index (χ0) is 19.3. The van der Waals surface area contributed by atoms with E-state index in [2.05, 4.69) is 4.99 Å². The average Bonchev–Trinajstić information content (AvgIpc) is 2.60. The molecule has 0 radical (unpaired) electrons. The quantitative estimate of drug-likeness (QED) is 0.655. The Kier molecular flexibility index (Phi) is 6.00. The topological polar surface area (TPSA) is 85.0 Å². The van der Waals surface area contributed by atoms with Gasteiger partial charge in [0.25, 0.3) is 5.91 Å². The van der Waals surface area contributed by atoms with E-state index in [1.54, 1.807) is 18.2 Å². The molecule has 0 unspecified atom stereocenters. The molecule has 0 heterocycles. The maximum Gasteiger partial charge on any atom is 0.402 e. The minimum absolute atomic E-state index is 0.0376. The molecule has 0 aliphatic rings. The number of rotatable bonds is 5. The molecule has 6 nitrogen and oxygen atoms in total. The molecule has 0 aliphatic carbocycles. The fraction of sp³-hybridized carbons (Fsp3) is 0.167. The molecule has 0 fully saturated rings. The lowest BCUT2D eigenvalue weighted by atomic mass is 10.0. The first kappa shape index (κ1) is 19.0. The van der Waals surface area contributed by atoms with E-state index in [9.17, 15) is 18.6 Å². The van der Waals surface area contributed by atoms with Gasteiger partial charge in [-0.2, -0.15) is 4.99 Å². The van der Waals surface area contributed by atoms with E-state index in [0.717, 1.165) is 11.1 Å². The Labute approximate surface area is 148 Å². The maximum absolute atomic E-state index is 12.3. The number of amides is 3. The van der Waals surface area contributed by atoms with Gasteiger partial charge in [0.15, 0.2) is 0 Å². The lowest BCUT2D eigenvalue weighted by Crippen LogP contribution is -2.27. The second-order valence-electron chi connectivity index (χ2n) is 5.55. The number of carbonyl (C=O) groups excluding carboxylic acids is 2. The van der Waals surface area contributed by atoms with Crippen LogP contribution in [0.15, 0.2) is 47.5 Å². The van der Waals surface area contributed by atoms with Crippen LogP contribution in [0.4, 0.5) is 13.8 Å². The van der Waals surface area contributed by atoms with Crippen LogP contribution in [0, 0.1) is 13.8 Å². The van der Waals surface area contributed by atoms with Gasteiger partial charge in [0.2, 0.25) is 0 Å². The Morgan fingerprint density at radius 2 is 1.85 bits per heavy atom. The number of aryl methyl sites for hydroxylation is 2. The SMILES string of the molecule is Cc1ccc(C)c(OCc2ccccc2/C(=N\C(=O)N(F)F)C(N)=O)c1. The average molecular weight is 361 g/mol. The minimum Gasteiger partial charge on any atom is -0.489 e. The van der Waals surface area contributed by atoms with Crippen LogP contribution in [0.25, 0.3) is 0 Å². The summed E-state index contributed by atoms with van der Waals surface area (Å²) in [5.41, 5.74) is 7.20. The second-order valence-corrected chi connectivity index (χ2v) is 5.55. The summed E-state index contributed by atoms with van der Waals surface area (Å²) in [7, 11) is 0. The van der Waals surface area contributed by atoms with Gasteiger partial charge in [-0.3, -0.25) is 4.79 Å². The number of urea groups is 1. The van der Waals surface area contributed by atoms with Gasteiger partial charge in [-0.1, -0.05) is 45.4 Å². The first-order valence-electron chi connectivity index (χ1n) is 7.62. The van der Waals surface area contributed by atoms with Crippen LogP contribution in [-0.4, -0.2) is 23.0 Å². The molecule has 0 spiro atoms. The highest BCUT2D eigenvalue weighted by atomic mass is 19.4. The Morgan fingerprint density at radius 1 is 1.15 bits per heavy atom. The third-order valence-corrected chi connectivity index (χ3v) is 3.58. The van der Waals surface area contributed by atoms with Gasteiger partial charge in [0.1, 0.15) is 18.1 Å². The number of hydrogen-bond donors (Lipinski definition) is 1.